The summed E-state index contributed by atoms with van der Waals surface area (Å²) in [6, 6.07) is 2.18. The lowest BCUT2D eigenvalue weighted by molar-refractivity contribution is 0.147. The highest BCUT2D eigenvalue weighted by atomic mass is 31.0. The molecule has 0 bridgehead atoms. The molecule has 1 fully saturated rings. The molecule has 1 saturated heterocycles. The van der Waals surface area contributed by atoms with E-state index in [-0.39, 0.29) is 6.09 Å². The number of hydrogen-bond donors (Lipinski definition) is 2. The van der Waals surface area contributed by atoms with Gasteiger partial charge in [0.15, 0.2) is 0 Å². The van der Waals surface area contributed by atoms with Crippen molar-refractivity contribution >= 4 is 26.9 Å². The van der Waals surface area contributed by atoms with Crippen LogP contribution in [-0.4, -0.2) is 35.1 Å². The van der Waals surface area contributed by atoms with Crippen LogP contribution in [0.5, 0.6) is 0 Å². The van der Waals surface area contributed by atoms with Gasteiger partial charge in [0.05, 0.1) is 27.0 Å². The lowest BCUT2D eigenvalue weighted by atomic mass is 10.1. The maximum absolute atomic E-state index is 11.3. The van der Waals surface area contributed by atoms with Gasteiger partial charge < -0.3 is 20.5 Å². The second kappa shape index (κ2) is 8.59. The van der Waals surface area contributed by atoms with Crippen LogP contribution in [0.25, 0.3) is 0 Å². The lowest BCUT2D eigenvalue weighted by Gasteiger charge is -2.32. The Balaban J connectivity index is 0.000000956. The molecule has 20 heavy (non-hydrogen) atoms. The molecule has 3 N–H and O–H groups in total. The molecule has 2 rings (SSSR count). The summed E-state index contributed by atoms with van der Waals surface area (Å²) < 4.78 is 4.62. The van der Waals surface area contributed by atoms with E-state index in [9.17, 15) is 4.79 Å². The summed E-state index contributed by atoms with van der Waals surface area (Å²) in [7, 11) is 1.98. The second-order valence-corrected chi connectivity index (χ2v) is 4.49. The first kappa shape index (κ1) is 16.5. The number of amides is 1. The summed E-state index contributed by atoms with van der Waals surface area (Å²) in [4.78, 5) is 17.0. The lowest BCUT2D eigenvalue weighted by Crippen LogP contribution is -2.41. The maximum atomic E-state index is 11.3. The summed E-state index contributed by atoms with van der Waals surface area (Å²) in [5, 5.41) is 3.38. The number of piperidine rings is 1. The Kier molecular flexibility index (Phi) is 7.09. The minimum Gasteiger partial charge on any atom is -0.435 e. The maximum Gasteiger partial charge on any atom is 0.411 e. The van der Waals surface area contributed by atoms with E-state index in [1.54, 1.807) is 17.3 Å². The SMILES string of the molecule is CC.Nc1cnccc1NC1CCN(C(=O)OP)CC1. The summed E-state index contributed by atoms with van der Waals surface area (Å²) in [5.41, 5.74) is 7.37. The number of hydrogen-bond acceptors (Lipinski definition) is 5. The van der Waals surface area contributed by atoms with Crippen molar-refractivity contribution in [3.05, 3.63) is 18.5 Å². The van der Waals surface area contributed by atoms with Crippen LogP contribution in [-0.2, 0) is 4.52 Å². The largest absolute Gasteiger partial charge is 0.435 e. The van der Waals surface area contributed by atoms with Crippen LogP contribution in [0.15, 0.2) is 18.5 Å². The van der Waals surface area contributed by atoms with Crippen molar-refractivity contribution in [3.63, 3.8) is 0 Å². The third-order valence-electron chi connectivity index (χ3n) is 3.07. The third-order valence-corrected chi connectivity index (χ3v) is 3.27. The van der Waals surface area contributed by atoms with Crippen LogP contribution in [0.3, 0.4) is 0 Å². The van der Waals surface area contributed by atoms with Gasteiger partial charge in [0.25, 0.3) is 0 Å². The molecule has 0 saturated carbocycles. The number of carbonyl (C=O) groups is 1. The molecule has 0 spiro atoms. The van der Waals surface area contributed by atoms with Crippen LogP contribution in [0.2, 0.25) is 0 Å². The zero-order chi connectivity index (χ0) is 15.0. The van der Waals surface area contributed by atoms with Crippen molar-refractivity contribution in [3.8, 4) is 0 Å². The van der Waals surface area contributed by atoms with Crippen molar-refractivity contribution in [2.75, 3.05) is 24.1 Å². The number of anilines is 2. The van der Waals surface area contributed by atoms with E-state index in [1.165, 1.54) is 0 Å². The van der Waals surface area contributed by atoms with E-state index in [2.05, 4.69) is 14.8 Å². The van der Waals surface area contributed by atoms with Gasteiger partial charge in [-0.3, -0.25) is 4.98 Å². The smallest absolute Gasteiger partial charge is 0.411 e. The summed E-state index contributed by atoms with van der Waals surface area (Å²) >= 11 is 0. The quantitative estimate of drug-likeness (QED) is 0.820. The van der Waals surface area contributed by atoms with Gasteiger partial charge in [-0.15, -0.1) is 0 Å². The molecule has 1 aliphatic rings. The van der Waals surface area contributed by atoms with E-state index in [0.29, 0.717) is 24.8 Å². The molecule has 0 aromatic carbocycles. The van der Waals surface area contributed by atoms with E-state index in [0.717, 1.165) is 18.5 Å². The Morgan fingerprint density at radius 1 is 1.50 bits per heavy atom. The molecule has 1 aromatic heterocycles. The molecule has 112 valence electrons. The van der Waals surface area contributed by atoms with E-state index < -0.39 is 0 Å². The molecular weight excluding hydrogens is 275 g/mol. The predicted octanol–water partition coefficient (Wildman–Crippen LogP) is 2.49. The van der Waals surface area contributed by atoms with Crippen LogP contribution < -0.4 is 11.1 Å². The van der Waals surface area contributed by atoms with Crippen LogP contribution >= 0.6 is 9.47 Å². The molecule has 1 unspecified atom stereocenters. The summed E-state index contributed by atoms with van der Waals surface area (Å²) in [5.74, 6) is 0. The first-order chi connectivity index (χ1) is 9.70. The van der Waals surface area contributed by atoms with Crippen molar-refractivity contribution in [2.45, 2.75) is 32.7 Å². The standard InChI is InChI=1S/C11H17N4O2P.C2H6/c12-9-7-13-4-1-10(9)14-8-2-5-15(6-3-8)11(16)17-18;1-2/h1,4,7-8H,2-3,5-6,12,18H2,(H,13,14);1-2H3. The molecular formula is C13H23N4O2P. The topological polar surface area (TPSA) is 80.5 Å². The molecule has 2 heterocycles. The number of aromatic nitrogens is 1. The van der Waals surface area contributed by atoms with Crippen molar-refractivity contribution in [1.82, 2.24) is 9.88 Å². The van der Waals surface area contributed by atoms with Crippen LogP contribution in [0.4, 0.5) is 16.2 Å². The zero-order valence-electron chi connectivity index (χ0n) is 12.0. The monoisotopic (exact) mass is 298 g/mol. The van der Waals surface area contributed by atoms with Gasteiger partial charge in [-0.05, 0) is 18.9 Å². The molecule has 1 amide bonds. The normalized spacial score (nSPS) is 15.1. The Morgan fingerprint density at radius 3 is 2.70 bits per heavy atom. The number of nitrogens with one attached hydrogen (secondary N) is 1. The van der Waals surface area contributed by atoms with Crippen molar-refractivity contribution in [1.29, 1.82) is 0 Å². The molecule has 1 atom stereocenters. The second-order valence-electron chi connectivity index (χ2n) is 4.25. The third kappa shape index (κ3) is 4.53. The number of rotatable bonds is 2. The van der Waals surface area contributed by atoms with Crippen LogP contribution in [0.1, 0.15) is 26.7 Å². The molecule has 0 radical (unpaired) electrons. The highest BCUT2D eigenvalue weighted by molar-refractivity contribution is 7.10. The zero-order valence-corrected chi connectivity index (χ0v) is 13.2. The van der Waals surface area contributed by atoms with E-state index >= 15 is 0 Å². The Hall–Kier alpha value is -1.55. The number of nitrogens with zero attached hydrogens (tertiary/aromatic N) is 2. The van der Waals surface area contributed by atoms with E-state index in [1.807, 2.05) is 29.4 Å². The van der Waals surface area contributed by atoms with Crippen LogP contribution in [0, 0.1) is 0 Å². The minimum atomic E-state index is -0.290. The molecule has 6 nitrogen and oxygen atoms in total. The Bertz CT molecular complexity index is 423. The van der Waals surface area contributed by atoms with Crippen molar-refractivity contribution < 1.29 is 9.32 Å². The number of nitrogens with two attached hydrogens (primary N) is 1. The average Bonchev–Trinajstić information content (AvgIpc) is 2.51. The minimum absolute atomic E-state index is 0.290. The Labute approximate surface area is 122 Å². The number of pyridine rings is 1. The summed E-state index contributed by atoms with van der Waals surface area (Å²) in [6.45, 7) is 5.38. The average molecular weight is 298 g/mol. The van der Waals surface area contributed by atoms with Gasteiger partial charge in [-0.25, -0.2) is 4.79 Å². The van der Waals surface area contributed by atoms with Gasteiger partial charge in [-0.2, -0.15) is 0 Å². The van der Waals surface area contributed by atoms with Gasteiger partial charge in [0.2, 0.25) is 0 Å². The van der Waals surface area contributed by atoms with Crippen molar-refractivity contribution in [2.24, 2.45) is 0 Å². The Morgan fingerprint density at radius 2 is 2.15 bits per heavy atom. The number of likely N-dealkylation sites (tertiary alicyclic amines) is 1. The number of nitrogen functional groups attached to an aromatic ring is 1. The van der Waals surface area contributed by atoms with Gasteiger partial charge in [0.1, 0.15) is 0 Å². The fraction of sp³-hybridized carbons (Fsp3) is 0.538. The fourth-order valence-electron chi connectivity index (χ4n) is 2.04. The molecule has 1 aliphatic heterocycles. The number of carbonyl (C=O) groups excluding carboxylic acids is 1. The fourth-order valence-corrected chi connectivity index (χ4v) is 2.19. The summed E-state index contributed by atoms with van der Waals surface area (Å²) in [6.07, 6.45) is 4.80. The highest BCUT2D eigenvalue weighted by Gasteiger charge is 2.23. The predicted molar refractivity (Wildman–Crippen MR) is 84.4 cm³/mol. The van der Waals surface area contributed by atoms with E-state index in [4.69, 9.17) is 5.73 Å². The molecule has 0 aliphatic carbocycles. The molecule has 7 heteroatoms. The first-order valence-electron chi connectivity index (χ1n) is 6.82. The first-order valence-corrected chi connectivity index (χ1v) is 7.29. The van der Waals surface area contributed by atoms with Gasteiger partial charge >= 0.3 is 6.09 Å². The van der Waals surface area contributed by atoms with Gasteiger partial charge in [-0.1, -0.05) is 13.8 Å². The van der Waals surface area contributed by atoms with Gasteiger partial charge in [0, 0.05) is 25.3 Å². The highest BCUT2D eigenvalue weighted by Crippen LogP contribution is 2.21. The molecule has 1 aromatic rings.